The fraction of sp³-hybridized carbons (Fsp3) is 0.333. The third kappa shape index (κ3) is 6.94. The standard InChI is InChI=1S/C27H30FNO5/c1-19(2)29(27(32)21-11-9-20(10-12-21)24-7-6-16-34-24)18-22-17-23(28)13-14-25(22)33-15-5-3-4-8-26(30)31/h6-7,9-14,16-17,19H,3-5,8,15,18H2,1-2H3,(H,30,31)/i18D. The lowest BCUT2D eigenvalue weighted by Crippen LogP contribution is -2.36. The Morgan fingerprint density at radius 2 is 1.88 bits per heavy atom. The zero-order chi connectivity index (χ0) is 25.4. The fourth-order valence-corrected chi connectivity index (χ4v) is 3.45. The molecular weight excluding hydrogens is 437 g/mol. The van der Waals surface area contributed by atoms with E-state index in [9.17, 15) is 14.0 Å². The summed E-state index contributed by atoms with van der Waals surface area (Å²) < 4.78 is 34.2. The Hall–Kier alpha value is -3.61. The molecule has 1 unspecified atom stereocenters. The fourth-order valence-electron chi connectivity index (χ4n) is 3.45. The lowest BCUT2D eigenvalue weighted by atomic mass is 10.1. The van der Waals surface area contributed by atoms with Gasteiger partial charge in [-0.3, -0.25) is 9.59 Å². The van der Waals surface area contributed by atoms with Crippen LogP contribution in [0, 0.1) is 5.82 Å². The highest BCUT2D eigenvalue weighted by atomic mass is 19.1. The van der Waals surface area contributed by atoms with Crippen molar-refractivity contribution in [2.75, 3.05) is 6.61 Å². The Labute approximate surface area is 200 Å². The first kappa shape index (κ1) is 23.5. The number of benzene rings is 2. The summed E-state index contributed by atoms with van der Waals surface area (Å²) in [7, 11) is 0. The average Bonchev–Trinajstić information content (AvgIpc) is 3.37. The van der Waals surface area contributed by atoms with Crippen molar-refractivity contribution in [1.29, 1.82) is 0 Å². The first-order valence-electron chi connectivity index (χ1n) is 11.9. The molecule has 1 N–H and O–H groups in total. The Bertz CT molecular complexity index is 1120. The van der Waals surface area contributed by atoms with Gasteiger partial charge in [0.2, 0.25) is 0 Å². The van der Waals surface area contributed by atoms with Gasteiger partial charge in [-0.2, -0.15) is 0 Å². The number of hydrogen-bond donors (Lipinski definition) is 1. The number of nitrogens with zero attached hydrogens (tertiary/aromatic N) is 1. The third-order valence-electron chi connectivity index (χ3n) is 5.27. The largest absolute Gasteiger partial charge is 0.493 e. The number of hydrogen-bond acceptors (Lipinski definition) is 4. The minimum Gasteiger partial charge on any atom is -0.493 e. The number of unbranched alkanes of at least 4 members (excludes halogenated alkanes) is 2. The molecule has 0 radical (unpaired) electrons. The molecule has 0 aliphatic rings. The van der Waals surface area contributed by atoms with Gasteiger partial charge in [-0.15, -0.1) is 0 Å². The molecule has 7 heteroatoms. The molecule has 1 aromatic heterocycles. The number of carboxylic acids is 1. The zero-order valence-corrected chi connectivity index (χ0v) is 19.4. The van der Waals surface area contributed by atoms with E-state index in [-0.39, 0.29) is 23.9 Å². The summed E-state index contributed by atoms with van der Waals surface area (Å²) in [5, 5.41) is 8.73. The number of carbonyl (C=O) groups excluding carboxylic acids is 1. The van der Waals surface area contributed by atoms with E-state index in [1.165, 1.54) is 23.1 Å². The maximum atomic E-state index is 14.1. The lowest BCUT2D eigenvalue weighted by molar-refractivity contribution is -0.137. The van der Waals surface area contributed by atoms with E-state index in [0.29, 0.717) is 42.9 Å². The molecule has 180 valence electrons. The SMILES string of the molecule is [2H]C(c1cc(F)ccc1OCCCCCC(=O)O)N(C(=O)c1ccc(-c2ccco2)cc1)C(C)C. The van der Waals surface area contributed by atoms with E-state index in [2.05, 4.69) is 0 Å². The van der Waals surface area contributed by atoms with Crippen LogP contribution >= 0.6 is 0 Å². The summed E-state index contributed by atoms with van der Waals surface area (Å²) in [5.74, 6) is -0.693. The highest BCUT2D eigenvalue weighted by Crippen LogP contribution is 2.25. The van der Waals surface area contributed by atoms with Crippen LogP contribution in [0.4, 0.5) is 4.39 Å². The Kier molecular flexibility index (Phi) is 8.32. The molecule has 3 rings (SSSR count). The molecule has 1 atom stereocenters. The molecule has 0 fully saturated rings. The number of ether oxygens (including phenoxy) is 1. The molecule has 1 heterocycles. The molecule has 0 spiro atoms. The number of rotatable bonds is 12. The van der Waals surface area contributed by atoms with Gasteiger partial charge in [0.25, 0.3) is 5.91 Å². The minimum atomic E-state index is -1.19. The summed E-state index contributed by atoms with van der Waals surface area (Å²) in [6.07, 6.45) is 3.53. The van der Waals surface area contributed by atoms with E-state index >= 15 is 0 Å². The van der Waals surface area contributed by atoms with Crippen LogP contribution < -0.4 is 4.74 Å². The van der Waals surface area contributed by atoms with Gasteiger partial charge >= 0.3 is 5.97 Å². The molecule has 0 aliphatic heterocycles. The van der Waals surface area contributed by atoms with Crippen LogP contribution in [0.5, 0.6) is 5.75 Å². The second-order valence-electron chi connectivity index (χ2n) is 8.22. The molecule has 1 amide bonds. The number of carbonyl (C=O) groups is 2. The van der Waals surface area contributed by atoms with Crippen molar-refractivity contribution in [3.8, 4) is 17.1 Å². The molecule has 0 saturated carbocycles. The molecular formula is C27H30FNO5. The van der Waals surface area contributed by atoms with Gasteiger partial charge in [-0.05, 0) is 75.6 Å². The summed E-state index contributed by atoms with van der Waals surface area (Å²) in [6, 6.07) is 14.2. The molecule has 0 aliphatic carbocycles. The van der Waals surface area contributed by atoms with Crippen LogP contribution in [0.15, 0.2) is 65.3 Å². The number of carboxylic acid groups (broad SMARTS) is 1. The Balaban J connectivity index is 1.75. The quantitative estimate of drug-likeness (QED) is 0.322. The van der Waals surface area contributed by atoms with Gasteiger partial charge in [0.15, 0.2) is 0 Å². The van der Waals surface area contributed by atoms with Gasteiger partial charge in [-0.1, -0.05) is 12.1 Å². The number of halogens is 1. The first-order chi connectivity index (χ1) is 16.8. The van der Waals surface area contributed by atoms with Crippen molar-refractivity contribution in [2.45, 2.75) is 52.1 Å². The monoisotopic (exact) mass is 468 g/mol. The second-order valence-corrected chi connectivity index (χ2v) is 8.22. The predicted molar refractivity (Wildman–Crippen MR) is 127 cm³/mol. The molecule has 0 saturated heterocycles. The maximum absolute atomic E-state index is 14.1. The highest BCUT2D eigenvalue weighted by molar-refractivity contribution is 5.94. The van der Waals surface area contributed by atoms with E-state index < -0.39 is 18.3 Å². The Morgan fingerprint density at radius 1 is 1.12 bits per heavy atom. The molecule has 34 heavy (non-hydrogen) atoms. The van der Waals surface area contributed by atoms with E-state index in [1.807, 2.05) is 6.07 Å². The number of aliphatic carboxylic acids is 1. The van der Waals surface area contributed by atoms with Crippen molar-refractivity contribution in [1.82, 2.24) is 4.90 Å². The summed E-state index contributed by atoms with van der Waals surface area (Å²) in [4.78, 5) is 25.4. The summed E-state index contributed by atoms with van der Waals surface area (Å²) in [6.45, 7) is 2.72. The molecule has 0 bridgehead atoms. The molecule has 3 aromatic rings. The van der Waals surface area contributed by atoms with E-state index in [1.54, 1.807) is 50.4 Å². The van der Waals surface area contributed by atoms with Gasteiger partial charge < -0.3 is 19.2 Å². The normalized spacial score (nSPS) is 12.3. The van der Waals surface area contributed by atoms with Gasteiger partial charge in [0, 0.05) is 35.7 Å². The van der Waals surface area contributed by atoms with Gasteiger partial charge in [0.1, 0.15) is 17.3 Å². The topological polar surface area (TPSA) is 80.0 Å². The lowest BCUT2D eigenvalue weighted by Gasteiger charge is -2.28. The van der Waals surface area contributed by atoms with E-state index in [4.69, 9.17) is 15.6 Å². The second kappa shape index (κ2) is 12.0. The smallest absolute Gasteiger partial charge is 0.303 e. The van der Waals surface area contributed by atoms with Crippen LogP contribution in [0.25, 0.3) is 11.3 Å². The third-order valence-corrected chi connectivity index (χ3v) is 5.27. The van der Waals surface area contributed by atoms with Crippen molar-refractivity contribution >= 4 is 11.9 Å². The van der Waals surface area contributed by atoms with Gasteiger partial charge in [0.05, 0.1) is 14.2 Å². The van der Waals surface area contributed by atoms with Crippen LogP contribution in [-0.2, 0) is 11.3 Å². The first-order valence-corrected chi connectivity index (χ1v) is 11.3. The molecule has 6 nitrogen and oxygen atoms in total. The van der Waals surface area contributed by atoms with E-state index in [0.717, 1.165) is 5.56 Å². The summed E-state index contributed by atoms with van der Waals surface area (Å²) in [5.41, 5.74) is 1.49. The van der Waals surface area contributed by atoms with Crippen LogP contribution in [0.2, 0.25) is 0 Å². The van der Waals surface area contributed by atoms with Crippen molar-refractivity contribution in [3.63, 3.8) is 0 Å². The molecule has 2 aromatic carbocycles. The minimum absolute atomic E-state index is 0.102. The van der Waals surface area contributed by atoms with Crippen LogP contribution in [0.3, 0.4) is 0 Å². The predicted octanol–water partition coefficient (Wildman–Crippen LogP) is 6.16. The number of amides is 1. The summed E-state index contributed by atoms with van der Waals surface area (Å²) >= 11 is 0. The van der Waals surface area contributed by atoms with Gasteiger partial charge in [-0.25, -0.2) is 4.39 Å². The zero-order valence-electron chi connectivity index (χ0n) is 20.4. The van der Waals surface area contributed by atoms with Crippen LogP contribution in [0.1, 0.15) is 56.8 Å². The van der Waals surface area contributed by atoms with Crippen molar-refractivity contribution in [2.24, 2.45) is 0 Å². The van der Waals surface area contributed by atoms with Crippen LogP contribution in [-0.4, -0.2) is 34.5 Å². The average molecular weight is 469 g/mol. The Morgan fingerprint density at radius 3 is 2.53 bits per heavy atom. The maximum Gasteiger partial charge on any atom is 0.303 e. The number of furan rings is 1. The van der Waals surface area contributed by atoms with Crippen molar-refractivity contribution in [3.05, 3.63) is 77.8 Å². The van der Waals surface area contributed by atoms with Crippen molar-refractivity contribution < 1.29 is 29.6 Å². The highest BCUT2D eigenvalue weighted by Gasteiger charge is 2.21.